The van der Waals surface area contributed by atoms with Crippen molar-refractivity contribution in [2.45, 2.75) is 18.7 Å². The summed E-state index contributed by atoms with van der Waals surface area (Å²) in [7, 11) is 0. The van der Waals surface area contributed by atoms with Crippen LogP contribution in [0, 0.1) is 13.8 Å². The minimum absolute atomic E-state index is 0.357. The first-order chi connectivity index (χ1) is 9.54. The molecule has 0 saturated heterocycles. The summed E-state index contributed by atoms with van der Waals surface area (Å²) in [4.78, 5) is 1.38. The average molecular weight is 303 g/mol. The van der Waals surface area contributed by atoms with Gasteiger partial charge >= 0.3 is 0 Å². The lowest BCUT2D eigenvalue weighted by Crippen LogP contribution is -2.12. The lowest BCUT2D eigenvalue weighted by atomic mass is 10.1. The Labute approximate surface area is 129 Å². The molecule has 0 radical (unpaired) electrons. The number of hydrogen-bond acceptors (Lipinski definition) is 3. The van der Waals surface area contributed by atoms with Gasteiger partial charge in [-0.05, 0) is 49.4 Å². The van der Waals surface area contributed by atoms with E-state index in [4.69, 9.17) is 22.7 Å². The molecule has 0 bridgehead atoms. The summed E-state index contributed by atoms with van der Waals surface area (Å²) in [6.07, 6.45) is 2.00. The molecule has 0 heterocycles. The Bertz CT molecular complexity index is 653. The molecule has 0 aliphatic carbocycles. The van der Waals surface area contributed by atoms with Gasteiger partial charge < -0.3 is 10.5 Å². The lowest BCUT2D eigenvalue weighted by Gasteiger charge is -2.15. The van der Waals surface area contributed by atoms with E-state index in [0.29, 0.717) is 10.7 Å². The zero-order valence-electron chi connectivity index (χ0n) is 11.8. The Balaban J connectivity index is 2.48. The third-order valence-electron chi connectivity index (χ3n) is 3.23. The maximum Gasteiger partial charge on any atom is 0.138 e. The lowest BCUT2D eigenvalue weighted by molar-refractivity contribution is 0.476. The quantitative estimate of drug-likeness (QED) is 0.668. The van der Waals surface area contributed by atoms with Gasteiger partial charge in [-0.3, -0.25) is 0 Å². The highest BCUT2D eigenvalue weighted by Gasteiger charge is 2.13. The van der Waals surface area contributed by atoms with Crippen molar-refractivity contribution in [2.75, 3.05) is 6.26 Å². The Morgan fingerprint density at radius 3 is 2.40 bits per heavy atom. The van der Waals surface area contributed by atoms with E-state index >= 15 is 0 Å². The van der Waals surface area contributed by atoms with Crippen LogP contribution in [-0.2, 0) is 0 Å². The molecular weight excluding hydrogens is 286 g/mol. The van der Waals surface area contributed by atoms with E-state index in [0.717, 1.165) is 21.8 Å². The van der Waals surface area contributed by atoms with Crippen molar-refractivity contribution in [3.63, 3.8) is 0 Å². The molecule has 0 aliphatic heterocycles. The predicted molar refractivity (Wildman–Crippen MR) is 90.1 cm³/mol. The molecule has 20 heavy (non-hydrogen) atoms. The molecule has 0 aliphatic rings. The van der Waals surface area contributed by atoms with Crippen LogP contribution < -0.4 is 10.5 Å². The van der Waals surface area contributed by atoms with Gasteiger partial charge in [0.05, 0.1) is 5.56 Å². The summed E-state index contributed by atoms with van der Waals surface area (Å²) in [5.74, 6) is 1.54. The van der Waals surface area contributed by atoms with E-state index in [1.54, 1.807) is 11.8 Å². The van der Waals surface area contributed by atoms with Gasteiger partial charge in [0, 0.05) is 4.90 Å². The Hall–Kier alpha value is -1.52. The molecule has 2 nitrogen and oxygen atoms in total. The van der Waals surface area contributed by atoms with Gasteiger partial charge in [-0.15, -0.1) is 11.8 Å². The average Bonchev–Trinajstić information content (AvgIpc) is 2.43. The summed E-state index contributed by atoms with van der Waals surface area (Å²) in [6, 6.07) is 11.8. The molecule has 2 aromatic rings. The predicted octanol–water partition coefficient (Wildman–Crippen LogP) is 4.45. The van der Waals surface area contributed by atoms with Crippen LogP contribution in [0.4, 0.5) is 0 Å². The number of benzene rings is 2. The minimum atomic E-state index is 0.357. The second-order valence-electron chi connectivity index (χ2n) is 4.50. The monoisotopic (exact) mass is 303 g/mol. The van der Waals surface area contributed by atoms with Crippen molar-refractivity contribution in [1.29, 1.82) is 0 Å². The van der Waals surface area contributed by atoms with Crippen molar-refractivity contribution in [3.05, 3.63) is 53.1 Å². The fourth-order valence-electron chi connectivity index (χ4n) is 1.96. The topological polar surface area (TPSA) is 35.2 Å². The number of thiocarbonyl (C=S) groups is 1. The van der Waals surface area contributed by atoms with Gasteiger partial charge in [-0.1, -0.05) is 30.4 Å². The smallest absolute Gasteiger partial charge is 0.138 e. The number of thioether (sulfide) groups is 1. The van der Waals surface area contributed by atoms with E-state index in [2.05, 4.69) is 13.0 Å². The summed E-state index contributed by atoms with van der Waals surface area (Å²) >= 11 is 6.77. The SMILES string of the molecule is CSc1cccc(Oc2cccc(C)c2C)c1C(N)=S. The zero-order valence-corrected chi connectivity index (χ0v) is 13.4. The van der Waals surface area contributed by atoms with Gasteiger partial charge in [0.2, 0.25) is 0 Å². The number of aryl methyl sites for hydroxylation is 1. The molecule has 0 spiro atoms. The molecule has 2 aromatic carbocycles. The summed E-state index contributed by atoms with van der Waals surface area (Å²) < 4.78 is 6.04. The van der Waals surface area contributed by atoms with Crippen LogP contribution >= 0.6 is 24.0 Å². The largest absolute Gasteiger partial charge is 0.456 e. The maximum atomic E-state index is 6.04. The van der Waals surface area contributed by atoms with E-state index in [9.17, 15) is 0 Å². The first-order valence-corrected chi connectivity index (χ1v) is 7.88. The fraction of sp³-hybridized carbons (Fsp3) is 0.188. The highest BCUT2D eigenvalue weighted by molar-refractivity contribution is 7.98. The van der Waals surface area contributed by atoms with Gasteiger partial charge in [-0.2, -0.15) is 0 Å². The highest BCUT2D eigenvalue weighted by atomic mass is 32.2. The normalized spacial score (nSPS) is 10.3. The van der Waals surface area contributed by atoms with Crippen molar-refractivity contribution in [1.82, 2.24) is 0 Å². The molecule has 4 heteroatoms. The summed E-state index contributed by atoms with van der Waals surface area (Å²) in [6.45, 7) is 4.11. The number of hydrogen-bond donors (Lipinski definition) is 1. The van der Waals surface area contributed by atoms with E-state index in [1.165, 1.54) is 5.56 Å². The van der Waals surface area contributed by atoms with Gasteiger partial charge in [0.25, 0.3) is 0 Å². The number of ether oxygens (including phenoxy) is 1. The van der Waals surface area contributed by atoms with Crippen LogP contribution in [0.25, 0.3) is 0 Å². The highest BCUT2D eigenvalue weighted by Crippen LogP contribution is 2.33. The molecule has 0 amide bonds. The molecule has 0 saturated carbocycles. The van der Waals surface area contributed by atoms with E-state index in [-0.39, 0.29) is 0 Å². The zero-order chi connectivity index (χ0) is 14.7. The molecule has 104 valence electrons. The maximum absolute atomic E-state index is 6.04. The van der Waals surface area contributed by atoms with Gasteiger partial charge in [0.1, 0.15) is 16.5 Å². The molecule has 0 aromatic heterocycles. The number of nitrogens with two attached hydrogens (primary N) is 1. The van der Waals surface area contributed by atoms with Crippen molar-refractivity contribution in [3.8, 4) is 11.5 Å². The third-order valence-corrected chi connectivity index (χ3v) is 4.21. The first-order valence-electron chi connectivity index (χ1n) is 6.25. The second-order valence-corrected chi connectivity index (χ2v) is 5.79. The van der Waals surface area contributed by atoms with Crippen molar-refractivity contribution < 1.29 is 4.74 Å². The Morgan fingerprint density at radius 2 is 1.75 bits per heavy atom. The van der Waals surface area contributed by atoms with Gasteiger partial charge in [0.15, 0.2) is 0 Å². The summed E-state index contributed by atoms with van der Waals surface area (Å²) in [5.41, 5.74) is 8.97. The Kier molecular flexibility index (Phi) is 4.68. The van der Waals surface area contributed by atoms with Crippen LogP contribution in [0.1, 0.15) is 16.7 Å². The minimum Gasteiger partial charge on any atom is -0.456 e. The summed E-state index contributed by atoms with van der Waals surface area (Å²) in [5, 5.41) is 0. The van der Waals surface area contributed by atoms with E-state index in [1.807, 2.05) is 43.5 Å². The first kappa shape index (κ1) is 14.9. The van der Waals surface area contributed by atoms with E-state index < -0.39 is 0 Å². The second kappa shape index (κ2) is 6.29. The molecular formula is C16H17NOS2. The molecule has 0 atom stereocenters. The molecule has 0 unspecified atom stereocenters. The van der Waals surface area contributed by atoms with Crippen LogP contribution in [0.2, 0.25) is 0 Å². The number of rotatable bonds is 4. The van der Waals surface area contributed by atoms with Crippen molar-refractivity contribution in [2.24, 2.45) is 5.73 Å². The third kappa shape index (κ3) is 2.97. The van der Waals surface area contributed by atoms with Crippen LogP contribution in [-0.4, -0.2) is 11.2 Å². The Morgan fingerprint density at radius 1 is 1.10 bits per heavy atom. The van der Waals surface area contributed by atoms with Crippen LogP contribution in [0.15, 0.2) is 41.3 Å². The van der Waals surface area contributed by atoms with Crippen LogP contribution in [0.5, 0.6) is 11.5 Å². The molecule has 2 rings (SSSR count). The van der Waals surface area contributed by atoms with Crippen molar-refractivity contribution >= 4 is 29.0 Å². The molecule has 0 fully saturated rings. The molecule has 2 N–H and O–H groups in total. The van der Waals surface area contributed by atoms with Gasteiger partial charge in [-0.25, -0.2) is 0 Å². The fourth-order valence-corrected chi connectivity index (χ4v) is 2.87. The standard InChI is InChI=1S/C16H17NOS2/c1-10-6-4-7-12(11(10)2)18-13-8-5-9-14(20-3)15(13)16(17)19/h4-9H,1-3H3,(H2,17,19). The van der Waals surface area contributed by atoms with Crippen LogP contribution in [0.3, 0.4) is 0 Å².